The van der Waals surface area contributed by atoms with E-state index >= 15 is 0 Å². The van der Waals surface area contributed by atoms with Gasteiger partial charge in [-0.25, -0.2) is 9.18 Å². The summed E-state index contributed by atoms with van der Waals surface area (Å²) in [5, 5.41) is 12.0. The molecule has 1 aliphatic rings. The number of ether oxygens (including phenoxy) is 1. The number of rotatable bonds is 5. The Labute approximate surface area is 128 Å². The zero-order chi connectivity index (χ0) is 16.2. The van der Waals surface area contributed by atoms with Crippen LogP contribution in [0.2, 0.25) is 0 Å². The van der Waals surface area contributed by atoms with Gasteiger partial charge in [-0.3, -0.25) is 4.79 Å². The van der Waals surface area contributed by atoms with Crippen molar-refractivity contribution in [1.29, 1.82) is 0 Å². The fourth-order valence-electron chi connectivity index (χ4n) is 2.68. The molecule has 22 heavy (non-hydrogen) atoms. The van der Waals surface area contributed by atoms with Gasteiger partial charge >= 0.3 is 5.97 Å². The molecule has 2 N–H and O–H groups in total. The van der Waals surface area contributed by atoms with E-state index < -0.39 is 29.3 Å². The molecule has 1 unspecified atom stereocenters. The van der Waals surface area contributed by atoms with Crippen LogP contribution < -0.4 is 10.1 Å². The van der Waals surface area contributed by atoms with Gasteiger partial charge in [0.25, 0.3) is 5.91 Å². The third kappa shape index (κ3) is 3.75. The third-order valence-corrected chi connectivity index (χ3v) is 3.96. The summed E-state index contributed by atoms with van der Waals surface area (Å²) >= 11 is 0. The summed E-state index contributed by atoms with van der Waals surface area (Å²) in [7, 11) is 0. The fourth-order valence-corrected chi connectivity index (χ4v) is 2.68. The largest absolute Gasteiger partial charge is 0.481 e. The Morgan fingerprint density at radius 1 is 1.32 bits per heavy atom. The van der Waals surface area contributed by atoms with Crippen LogP contribution in [0.25, 0.3) is 0 Å². The number of hydrogen-bond donors (Lipinski definition) is 2. The molecular weight excluding hydrogens is 289 g/mol. The normalized spacial score (nSPS) is 18.3. The Balaban J connectivity index is 2.02. The van der Waals surface area contributed by atoms with E-state index in [0.29, 0.717) is 12.8 Å². The van der Waals surface area contributed by atoms with E-state index in [1.807, 2.05) is 0 Å². The molecule has 6 heteroatoms. The highest BCUT2D eigenvalue weighted by Gasteiger charge is 2.41. The first-order valence-electron chi connectivity index (χ1n) is 7.41. The van der Waals surface area contributed by atoms with Crippen LogP contribution in [0.4, 0.5) is 4.39 Å². The van der Waals surface area contributed by atoms with Gasteiger partial charge in [-0.2, -0.15) is 0 Å². The molecule has 0 saturated heterocycles. The van der Waals surface area contributed by atoms with Gasteiger partial charge in [0.05, 0.1) is 0 Å². The van der Waals surface area contributed by atoms with Crippen molar-refractivity contribution in [3.63, 3.8) is 0 Å². The molecule has 1 aromatic carbocycles. The standard InChI is InChI=1S/C16H20FNO4/c1-11(22-13-7-5-6-12(17)10-13)14(19)18-16(15(20)21)8-3-2-4-9-16/h5-7,10-11H,2-4,8-9H2,1H3,(H,18,19)(H,20,21). The van der Waals surface area contributed by atoms with E-state index in [9.17, 15) is 19.1 Å². The maximum Gasteiger partial charge on any atom is 0.329 e. The molecule has 0 aromatic heterocycles. The number of nitrogens with one attached hydrogen (secondary N) is 1. The van der Waals surface area contributed by atoms with Gasteiger partial charge in [0.15, 0.2) is 6.10 Å². The quantitative estimate of drug-likeness (QED) is 0.876. The molecule has 120 valence electrons. The summed E-state index contributed by atoms with van der Waals surface area (Å²) in [6.45, 7) is 1.51. The van der Waals surface area contributed by atoms with E-state index in [1.165, 1.54) is 25.1 Å². The molecule has 1 saturated carbocycles. The van der Waals surface area contributed by atoms with E-state index in [0.717, 1.165) is 19.3 Å². The minimum absolute atomic E-state index is 0.232. The van der Waals surface area contributed by atoms with Crippen LogP contribution in [0.15, 0.2) is 24.3 Å². The number of carboxylic acids is 1. The number of amides is 1. The van der Waals surface area contributed by atoms with Crippen molar-refractivity contribution in [2.24, 2.45) is 0 Å². The van der Waals surface area contributed by atoms with Crippen LogP contribution >= 0.6 is 0 Å². The van der Waals surface area contributed by atoms with Crippen molar-refractivity contribution in [2.45, 2.75) is 50.7 Å². The first kappa shape index (κ1) is 16.3. The maximum absolute atomic E-state index is 13.1. The topological polar surface area (TPSA) is 75.6 Å². The van der Waals surface area contributed by atoms with Gasteiger partial charge in [0, 0.05) is 6.07 Å². The highest BCUT2D eigenvalue weighted by Crippen LogP contribution is 2.28. The number of hydrogen-bond acceptors (Lipinski definition) is 3. The predicted octanol–water partition coefficient (Wildman–Crippen LogP) is 2.50. The number of aliphatic carboxylic acids is 1. The smallest absolute Gasteiger partial charge is 0.329 e. The molecule has 0 radical (unpaired) electrons. The molecule has 1 aliphatic carbocycles. The lowest BCUT2D eigenvalue weighted by molar-refractivity contribution is -0.150. The maximum atomic E-state index is 13.1. The number of halogens is 1. The molecule has 0 heterocycles. The molecule has 0 aliphatic heterocycles. The van der Waals surface area contributed by atoms with E-state index in [1.54, 1.807) is 6.07 Å². The number of carboxylic acid groups (broad SMARTS) is 1. The molecule has 2 rings (SSSR count). The first-order chi connectivity index (χ1) is 10.4. The predicted molar refractivity (Wildman–Crippen MR) is 78.1 cm³/mol. The Kier molecular flexibility index (Phi) is 5.00. The number of carbonyl (C=O) groups excluding carboxylic acids is 1. The molecule has 0 bridgehead atoms. The molecule has 5 nitrogen and oxygen atoms in total. The minimum atomic E-state index is -1.21. The SMILES string of the molecule is CC(Oc1cccc(F)c1)C(=O)NC1(C(=O)O)CCCCC1. The Hall–Kier alpha value is -2.11. The Morgan fingerprint density at radius 3 is 2.59 bits per heavy atom. The average Bonchev–Trinajstić information content (AvgIpc) is 2.48. The Bertz CT molecular complexity index is 555. The summed E-state index contributed by atoms with van der Waals surface area (Å²) in [6.07, 6.45) is 2.44. The van der Waals surface area contributed by atoms with Gasteiger partial charge in [-0.05, 0) is 31.9 Å². The van der Waals surface area contributed by atoms with Crippen LogP contribution in [0.1, 0.15) is 39.0 Å². The first-order valence-corrected chi connectivity index (χ1v) is 7.41. The fraction of sp³-hybridized carbons (Fsp3) is 0.500. The van der Waals surface area contributed by atoms with Gasteiger partial charge < -0.3 is 15.2 Å². The summed E-state index contributed by atoms with van der Waals surface area (Å²) in [5.41, 5.74) is -1.21. The minimum Gasteiger partial charge on any atom is -0.481 e. The lowest BCUT2D eigenvalue weighted by Crippen LogP contribution is -2.58. The molecule has 0 spiro atoms. The Morgan fingerprint density at radius 2 is 2.00 bits per heavy atom. The molecular formula is C16H20FNO4. The van der Waals surface area contributed by atoms with Gasteiger partial charge in [0.1, 0.15) is 17.1 Å². The van der Waals surface area contributed by atoms with Gasteiger partial charge in [-0.1, -0.05) is 25.3 Å². The lowest BCUT2D eigenvalue weighted by Gasteiger charge is -2.34. The van der Waals surface area contributed by atoms with Crippen LogP contribution in [-0.4, -0.2) is 28.6 Å². The van der Waals surface area contributed by atoms with Gasteiger partial charge in [-0.15, -0.1) is 0 Å². The van der Waals surface area contributed by atoms with E-state index in [4.69, 9.17) is 4.74 Å². The molecule has 1 atom stereocenters. The summed E-state index contributed by atoms with van der Waals surface area (Å²) in [6, 6.07) is 5.48. The summed E-state index contributed by atoms with van der Waals surface area (Å²) < 4.78 is 18.5. The second-order valence-corrected chi connectivity index (χ2v) is 5.65. The summed E-state index contributed by atoms with van der Waals surface area (Å²) in [5.74, 6) is -1.75. The highest BCUT2D eigenvalue weighted by atomic mass is 19.1. The lowest BCUT2D eigenvalue weighted by atomic mass is 9.81. The number of carbonyl (C=O) groups is 2. The van der Waals surface area contributed by atoms with Crippen molar-refractivity contribution in [2.75, 3.05) is 0 Å². The second-order valence-electron chi connectivity index (χ2n) is 5.65. The molecule has 1 amide bonds. The van der Waals surface area contributed by atoms with E-state index in [2.05, 4.69) is 5.32 Å². The van der Waals surface area contributed by atoms with Crippen LogP contribution in [-0.2, 0) is 9.59 Å². The van der Waals surface area contributed by atoms with Crippen molar-refractivity contribution < 1.29 is 23.8 Å². The molecule has 1 aromatic rings. The zero-order valence-electron chi connectivity index (χ0n) is 12.5. The van der Waals surface area contributed by atoms with Crippen molar-refractivity contribution in [3.8, 4) is 5.75 Å². The second kappa shape index (κ2) is 6.77. The number of benzene rings is 1. The van der Waals surface area contributed by atoms with E-state index in [-0.39, 0.29) is 5.75 Å². The monoisotopic (exact) mass is 309 g/mol. The van der Waals surface area contributed by atoms with Gasteiger partial charge in [0.2, 0.25) is 0 Å². The average molecular weight is 309 g/mol. The van der Waals surface area contributed by atoms with Crippen molar-refractivity contribution in [1.82, 2.24) is 5.32 Å². The zero-order valence-corrected chi connectivity index (χ0v) is 12.5. The van der Waals surface area contributed by atoms with Crippen LogP contribution in [0.3, 0.4) is 0 Å². The van der Waals surface area contributed by atoms with Crippen LogP contribution in [0.5, 0.6) is 5.75 Å². The third-order valence-electron chi connectivity index (χ3n) is 3.96. The van der Waals surface area contributed by atoms with Crippen molar-refractivity contribution in [3.05, 3.63) is 30.1 Å². The molecule has 1 fully saturated rings. The van der Waals surface area contributed by atoms with Crippen molar-refractivity contribution >= 4 is 11.9 Å². The highest BCUT2D eigenvalue weighted by molar-refractivity contribution is 5.89. The van der Waals surface area contributed by atoms with Crippen LogP contribution in [0, 0.1) is 5.82 Å². The summed E-state index contributed by atoms with van der Waals surface area (Å²) in [4.78, 5) is 23.7.